The third kappa shape index (κ3) is 5.69. The maximum Gasteiger partial charge on any atom is 0.306 e. The zero-order valence-electron chi connectivity index (χ0n) is 15.9. The molecule has 2 aromatic rings. The number of carboxylic acids is 1. The van der Waals surface area contributed by atoms with Crippen LogP contribution in [-0.4, -0.2) is 52.1 Å². The number of hydrogen-bond donors (Lipinski definition) is 3. The van der Waals surface area contributed by atoms with E-state index in [0.717, 1.165) is 31.6 Å². The molecule has 1 aliphatic rings. The molecular weight excluding hydrogens is 370 g/mol. The first-order valence-electron chi connectivity index (χ1n) is 9.42. The van der Waals surface area contributed by atoms with Crippen LogP contribution < -0.4 is 15.5 Å². The normalized spacial score (nSPS) is 15.2. The van der Waals surface area contributed by atoms with E-state index in [1.54, 1.807) is 30.6 Å². The van der Waals surface area contributed by atoms with Gasteiger partial charge in [-0.05, 0) is 43.2 Å². The van der Waals surface area contributed by atoms with E-state index in [4.69, 9.17) is 11.5 Å². The van der Waals surface area contributed by atoms with Crippen molar-refractivity contribution in [2.75, 3.05) is 23.3 Å². The second-order valence-electron chi connectivity index (χ2n) is 6.82. The molecule has 1 amide bonds. The third-order valence-corrected chi connectivity index (χ3v) is 4.77. The van der Waals surface area contributed by atoms with Gasteiger partial charge in [0.15, 0.2) is 0 Å². The van der Waals surface area contributed by atoms with Crippen LogP contribution in [0.2, 0.25) is 0 Å². The molecule has 150 valence electrons. The molecule has 29 heavy (non-hydrogen) atoms. The topological polar surface area (TPSA) is 107 Å². The number of carboxylic acid groups (broad SMARTS) is 1. The van der Waals surface area contributed by atoms with Crippen molar-refractivity contribution >= 4 is 23.5 Å². The largest absolute Gasteiger partial charge is 0.481 e. The van der Waals surface area contributed by atoms with Crippen LogP contribution in [0.1, 0.15) is 29.6 Å². The molecule has 8 nitrogen and oxygen atoms in total. The summed E-state index contributed by atoms with van der Waals surface area (Å²) in [6, 6.07) is 8.52. The molecule has 3 rings (SSSR count). The van der Waals surface area contributed by atoms with Crippen LogP contribution in [0, 0.1) is 12.3 Å². The molecule has 2 heterocycles. The van der Waals surface area contributed by atoms with Crippen molar-refractivity contribution in [1.82, 2.24) is 15.3 Å². The summed E-state index contributed by atoms with van der Waals surface area (Å²) in [5.41, 5.74) is 1.48. The third-order valence-electron chi connectivity index (χ3n) is 4.77. The summed E-state index contributed by atoms with van der Waals surface area (Å²) in [6.45, 7) is 1.77. The van der Waals surface area contributed by atoms with Gasteiger partial charge < -0.3 is 20.6 Å². The van der Waals surface area contributed by atoms with Gasteiger partial charge in [-0.25, -0.2) is 9.97 Å². The zero-order valence-corrected chi connectivity index (χ0v) is 15.9. The van der Waals surface area contributed by atoms with Crippen LogP contribution in [0.15, 0.2) is 42.7 Å². The fourth-order valence-corrected chi connectivity index (χ4v) is 3.23. The van der Waals surface area contributed by atoms with Crippen molar-refractivity contribution < 1.29 is 14.7 Å². The summed E-state index contributed by atoms with van der Waals surface area (Å²) in [4.78, 5) is 33.7. The lowest BCUT2D eigenvalue weighted by molar-refractivity contribution is -0.137. The monoisotopic (exact) mass is 393 g/mol. The molecule has 8 heteroatoms. The SMILES string of the molecule is C#C[C@H](CC(=O)O)NC(=O)c1ccc(N2CCC(Nc3ncccn3)CC2)cc1. The Labute approximate surface area is 169 Å². The van der Waals surface area contributed by atoms with Crippen LogP contribution in [0.4, 0.5) is 11.6 Å². The molecule has 0 aliphatic carbocycles. The molecule has 1 aliphatic heterocycles. The predicted octanol–water partition coefficient (Wildman–Crippen LogP) is 1.76. The Morgan fingerprint density at radius 2 is 1.86 bits per heavy atom. The number of nitrogens with one attached hydrogen (secondary N) is 2. The number of rotatable bonds is 7. The van der Waals surface area contributed by atoms with Gasteiger partial charge in [0.05, 0.1) is 6.42 Å². The number of benzene rings is 1. The van der Waals surface area contributed by atoms with Crippen LogP contribution in [0.3, 0.4) is 0 Å². The van der Waals surface area contributed by atoms with E-state index < -0.39 is 12.0 Å². The van der Waals surface area contributed by atoms with E-state index >= 15 is 0 Å². The lowest BCUT2D eigenvalue weighted by Crippen LogP contribution is -2.39. The van der Waals surface area contributed by atoms with Crippen molar-refractivity contribution in [2.24, 2.45) is 0 Å². The molecule has 1 atom stereocenters. The molecule has 0 bridgehead atoms. The molecule has 1 aromatic heterocycles. The van der Waals surface area contributed by atoms with Gasteiger partial charge in [0.25, 0.3) is 5.91 Å². The summed E-state index contributed by atoms with van der Waals surface area (Å²) < 4.78 is 0. The Balaban J connectivity index is 1.52. The fraction of sp³-hybridized carbons (Fsp3) is 0.333. The maximum atomic E-state index is 12.3. The number of piperidine rings is 1. The molecule has 0 spiro atoms. The Hall–Kier alpha value is -3.60. The van der Waals surface area contributed by atoms with Crippen LogP contribution >= 0.6 is 0 Å². The highest BCUT2D eigenvalue weighted by Crippen LogP contribution is 2.22. The molecule has 3 N–H and O–H groups in total. The number of nitrogens with zero attached hydrogens (tertiary/aromatic N) is 3. The van der Waals surface area contributed by atoms with Crippen molar-refractivity contribution in [3.63, 3.8) is 0 Å². The Morgan fingerprint density at radius 3 is 2.45 bits per heavy atom. The Kier molecular flexibility index (Phi) is 6.63. The van der Waals surface area contributed by atoms with Crippen molar-refractivity contribution in [2.45, 2.75) is 31.3 Å². The first-order chi connectivity index (χ1) is 14.0. The van der Waals surface area contributed by atoms with Gasteiger partial charge in [-0.2, -0.15) is 0 Å². The first-order valence-corrected chi connectivity index (χ1v) is 9.42. The Morgan fingerprint density at radius 1 is 1.21 bits per heavy atom. The van der Waals surface area contributed by atoms with E-state index in [2.05, 4.69) is 31.4 Å². The second kappa shape index (κ2) is 9.55. The summed E-state index contributed by atoms with van der Waals surface area (Å²) in [6.07, 6.45) is 10.3. The number of anilines is 2. The molecule has 0 unspecified atom stereocenters. The predicted molar refractivity (Wildman–Crippen MR) is 110 cm³/mol. The highest BCUT2D eigenvalue weighted by atomic mass is 16.4. The Bertz CT molecular complexity index is 871. The number of carbonyl (C=O) groups excluding carboxylic acids is 1. The van der Waals surface area contributed by atoms with Gasteiger partial charge in [0, 0.05) is 42.8 Å². The molecule has 1 fully saturated rings. The fourth-order valence-electron chi connectivity index (χ4n) is 3.23. The van der Waals surface area contributed by atoms with Gasteiger partial charge in [0.1, 0.15) is 6.04 Å². The summed E-state index contributed by atoms with van der Waals surface area (Å²) in [7, 11) is 0. The summed E-state index contributed by atoms with van der Waals surface area (Å²) in [5.74, 6) is 1.49. The van der Waals surface area contributed by atoms with Gasteiger partial charge in [-0.3, -0.25) is 9.59 Å². The van der Waals surface area contributed by atoms with Crippen LogP contribution in [0.5, 0.6) is 0 Å². The van der Waals surface area contributed by atoms with Gasteiger partial charge in [-0.1, -0.05) is 5.92 Å². The number of amides is 1. The van der Waals surface area contributed by atoms with E-state index in [1.165, 1.54) is 0 Å². The highest BCUT2D eigenvalue weighted by molar-refractivity contribution is 5.95. The standard InChI is InChI=1S/C21H23N5O3/c1-2-16(14-19(27)28)24-20(29)15-4-6-18(7-5-15)26-12-8-17(9-13-26)25-21-22-10-3-11-23-21/h1,3-7,10-11,16-17H,8-9,12-14H2,(H,24,29)(H,27,28)(H,22,23,25)/t16-/m1/s1. The quantitative estimate of drug-likeness (QED) is 0.615. The van der Waals surface area contributed by atoms with Gasteiger partial charge in [-0.15, -0.1) is 6.42 Å². The average molecular weight is 393 g/mol. The maximum absolute atomic E-state index is 12.3. The summed E-state index contributed by atoms with van der Waals surface area (Å²) >= 11 is 0. The van der Waals surface area contributed by atoms with Crippen molar-refractivity contribution in [3.8, 4) is 12.3 Å². The van der Waals surface area contributed by atoms with E-state index in [1.807, 2.05) is 12.1 Å². The van der Waals surface area contributed by atoms with Crippen LogP contribution in [0.25, 0.3) is 0 Å². The molecule has 0 radical (unpaired) electrons. The van der Waals surface area contributed by atoms with E-state index in [-0.39, 0.29) is 12.3 Å². The number of aliphatic carboxylic acids is 1. The average Bonchev–Trinajstić information content (AvgIpc) is 2.74. The molecule has 1 aromatic carbocycles. The molecular formula is C21H23N5O3. The summed E-state index contributed by atoms with van der Waals surface area (Å²) in [5, 5.41) is 14.7. The number of aromatic nitrogens is 2. The minimum Gasteiger partial charge on any atom is -0.481 e. The molecule has 1 saturated heterocycles. The minimum atomic E-state index is -1.06. The van der Waals surface area contributed by atoms with Gasteiger partial charge in [0.2, 0.25) is 5.95 Å². The second-order valence-corrected chi connectivity index (χ2v) is 6.82. The lowest BCUT2D eigenvalue weighted by Gasteiger charge is -2.34. The highest BCUT2D eigenvalue weighted by Gasteiger charge is 2.20. The van der Waals surface area contributed by atoms with Gasteiger partial charge >= 0.3 is 5.97 Å². The number of hydrogen-bond acceptors (Lipinski definition) is 6. The first kappa shape index (κ1) is 20.1. The molecule has 0 saturated carbocycles. The minimum absolute atomic E-state index is 0.308. The van der Waals surface area contributed by atoms with Crippen LogP contribution in [-0.2, 0) is 4.79 Å². The smallest absolute Gasteiger partial charge is 0.306 e. The number of terminal acetylenes is 1. The van der Waals surface area contributed by atoms with Crippen molar-refractivity contribution in [1.29, 1.82) is 0 Å². The van der Waals surface area contributed by atoms with Crippen molar-refractivity contribution in [3.05, 3.63) is 48.3 Å². The van der Waals surface area contributed by atoms with E-state index in [9.17, 15) is 9.59 Å². The number of carbonyl (C=O) groups is 2. The van der Waals surface area contributed by atoms with E-state index in [0.29, 0.717) is 17.6 Å². The zero-order chi connectivity index (χ0) is 20.6. The lowest BCUT2D eigenvalue weighted by atomic mass is 10.0.